The lowest BCUT2D eigenvalue weighted by Gasteiger charge is -2.39. The Morgan fingerprint density at radius 1 is 1.05 bits per heavy atom. The second-order valence-corrected chi connectivity index (χ2v) is 10.6. The maximum absolute atomic E-state index is 15.2. The number of fused-ring (bicyclic) bond motifs is 1. The Morgan fingerprint density at radius 2 is 1.82 bits per heavy atom. The molecular formula is C27H37F2N5O4. The van der Waals surface area contributed by atoms with Gasteiger partial charge in [-0.25, -0.2) is 0 Å². The van der Waals surface area contributed by atoms with Crippen molar-refractivity contribution in [1.82, 2.24) is 20.4 Å². The van der Waals surface area contributed by atoms with Crippen molar-refractivity contribution in [2.75, 3.05) is 38.1 Å². The van der Waals surface area contributed by atoms with E-state index in [2.05, 4.69) is 20.4 Å². The number of halogens is 2. The highest BCUT2D eigenvalue weighted by Crippen LogP contribution is 2.37. The van der Waals surface area contributed by atoms with Crippen molar-refractivity contribution in [3.8, 4) is 0 Å². The molecule has 208 valence electrons. The zero-order valence-electron chi connectivity index (χ0n) is 21.5. The molecule has 0 saturated carbocycles. The fourth-order valence-corrected chi connectivity index (χ4v) is 5.62. The smallest absolute Gasteiger partial charge is 0.311 e. The van der Waals surface area contributed by atoms with Gasteiger partial charge in [0.05, 0.1) is 6.04 Å². The number of alkyl halides is 2. The van der Waals surface area contributed by atoms with E-state index in [1.54, 1.807) is 23.1 Å². The molecule has 9 nitrogen and oxygen atoms in total. The van der Waals surface area contributed by atoms with Gasteiger partial charge in [0.1, 0.15) is 18.7 Å². The van der Waals surface area contributed by atoms with E-state index in [1.807, 2.05) is 19.2 Å². The van der Waals surface area contributed by atoms with Gasteiger partial charge in [0.2, 0.25) is 0 Å². The minimum absolute atomic E-state index is 0.0120. The molecular weight excluding hydrogens is 496 g/mol. The molecule has 3 heterocycles. The summed E-state index contributed by atoms with van der Waals surface area (Å²) in [6, 6.07) is 11.1. The third-order valence-corrected chi connectivity index (χ3v) is 7.98. The molecule has 3 aliphatic heterocycles. The van der Waals surface area contributed by atoms with E-state index in [-0.39, 0.29) is 18.2 Å². The molecule has 0 bridgehead atoms. The first-order valence-corrected chi connectivity index (χ1v) is 13.1. The van der Waals surface area contributed by atoms with Crippen LogP contribution in [0.25, 0.3) is 0 Å². The number of rotatable bonds is 7. The van der Waals surface area contributed by atoms with Gasteiger partial charge in [-0.2, -0.15) is 8.78 Å². The Balaban J connectivity index is 1.22. The summed E-state index contributed by atoms with van der Waals surface area (Å²) >= 11 is 0. The van der Waals surface area contributed by atoms with Crippen LogP contribution in [-0.2, 0) is 19.0 Å². The molecule has 2 aromatic rings. The van der Waals surface area contributed by atoms with Crippen molar-refractivity contribution >= 4 is 5.69 Å². The molecule has 2 saturated heterocycles. The van der Waals surface area contributed by atoms with E-state index in [0.29, 0.717) is 30.5 Å². The SMILES string of the molecule is CN1CCN(c2cccc(C(F)(F)[C@H](O)NCc3ccc4c(c3)CN(C3CC[C@@H](O)NC3O)[C@H]4O)c2)CC1. The van der Waals surface area contributed by atoms with Gasteiger partial charge in [-0.15, -0.1) is 0 Å². The van der Waals surface area contributed by atoms with Crippen molar-refractivity contribution in [3.05, 3.63) is 64.7 Å². The van der Waals surface area contributed by atoms with Crippen LogP contribution in [0.1, 0.15) is 41.3 Å². The molecule has 0 aromatic heterocycles. The predicted molar refractivity (Wildman–Crippen MR) is 138 cm³/mol. The highest BCUT2D eigenvalue weighted by Gasteiger charge is 2.41. The van der Waals surface area contributed by atoms with Crippen molar-refractivity contribution in [2.45, 2.75) is 62.8 Å². The van der Waals surface area contributed by atoms with Crippen molar-refractivity contribution in [1.29, 1.82) is 0 Å². The number of nitrogens with one attached hydrogen (secondary N) is 2. The van der Waals surface area contributed by atoms with E-state index in [1.165, 1.54) is 12.1 Å². The molecule has 5 atom stereocenters. The van der Waals surface area contributed by atoms with Gasteiger partial charge >= 0.3 is 5.92 Å². The van der Waals surface area contributed by atoms with Crippen LogP contribution in [0.15, 0.2) is 42.5 Å². The first kappa shape index (κ1) is 27.4. The van der Waals surface area contributed by atoms with Crippen molar-refractivity contribution in [2.24, 2.45) is 0 Å². The van der Waals surface area contributed by atoms with Gasteiger partial charge in [0, 0.05) is 50.5 Å². The number of aliphatic hydroxyl groups is 4. The standard InChI is InChI=1S/C27H37F2N5O4/c1-32-9-11-33(12-10-32)20-4-2-3-19(14-20)27(28,29)26(38)30-15-17-5-6-21-18(13-17)16-34(25(21)37)22-7-8-23(35)31-24(22)36/h2-6,13-14,22-26,30-31,35-38H,7-12,15-16H2,1H3/t22?,23-,24?,25+,26+/m1/s1. The van der Waals surface area contributed by atoms with E-state index < -0.39 is 30.8 Å². The lowest BCUT2D eigenvalue weighted by molar-refractivity contribution is -0.129. The van der Waals surface area contributed by atoms with Crippen LogP contribution in [0, 0.1) is 0 Å². The average molecular weight is 534 g/mol. The first-order valence-electron chi connectivity index (χ1n) is 13.1. The number of likely N-dealkylation sites (N-methyl/N-ethyl adjacent to an activating group) is 1. The Hall–Kier alpha value is -2.22. The molecule has 38 heavy (non-hydrogen) atoms. The molecule has 5 rings (SSSR count). The summed E-state index contributed by atoms with van der Waals surface area (Å²) in [5, 5.41) is 46.5. The Labute approximate surface area is 221 Å². The van der Waals surface area contributed by atoms with Crippen molar-refractivity contribution < 1.29 is 29.2 Å². The summed E-state index contributed by atoms with van der Waals surface area (Å²) in [4.78, 5) is 6.04. The normalized spacial score (nSPS) is 27.9. The topological polar surface area (TPSA) is 115 Å². The lowest BCUT2D eigenvalue weighted by Crippen LogP contribution is -2.56. The number of nitrogens with zero attached hydrogens (tertiary/aromatic N) is 3. The number of piperidine rings is 1. The molecule has 2 aromatic carbocycles. The first-order chi connectivity index (χ1) is 18.1. The number of hydrogen-bond donors (Lipinski definition) is 6. The van der Waals surface area contributed by atoms with Crippen LogP contribution in [0.4, 0.5) is 14.5 Å². The molecule has 0 aliphatic carbocycles. The predicted octanol–water partition coefficient (Wildman–Crippen LogP) is 0.834. The van der Waals surface area contributed by atoms with E-state index in [0.717, 1.165) is 37.4 Å². The van der Waals surface area contributed by atoms with Gasteiger partial charge in [0.15, 0.2) is 6.23 Å². The number of hydrogen-bond acceptors (Lipinski definition) is 9. The Bertz CT molecular complexity index is 1120. The number of anilines is 1. The highest BCUT2D eigenvalue weighted by atomic mass is 19.3. The summed E-state index contributed by atoms with van der Waals surface area (Å²) in [5.41, 5.74) is 2.69. The van der Waals surface area contributed by atoms with Crippen LogP contribution >= 0.6 is 0 Å². The van der Waals surface area contributed by atoms with Crippen LogP contribution in [0.3, 0.4) is 0 Å². The van der Waals surface area contributed by atoms with Crippen LogP contribution < -0.4 is 15.5 Å². The third-order valence-electron chi connectivity index (χ3n) is 7.98. The molecule has 11 heteroatoms. The molecule has 2 fully saturated rings. The van der Waals surface area contributed by atoms with Crippen LogP contribution in [0.5, 0.6) is 0 Å². The van der Waals surface area contributed by atoms with Crippen LogP contribution in [0.2, 0.25) is 0 Å². The quantitative estimate of drug-likeness (QED) is 0.288. The maximum atomic E-state index is 15.2. The van der Waals surface area contributed by atoms with E-state index in [4.69, 9.17) is 0 Å². The van der Waals surface area contributed by atoms with Gasteiger partial charge in [0.25, 0.3) is 0 Å². The number of piperazine rings is 1. The molecule has 0 radical (unpaired) electrons. The Kier molecular flexibility index (Phi) is 7.99. The largest absolute Gasteiger partial charge is 0.379 e. The highest BCUT2D eigenvalue weighted by molar-refractivity contribution is 5.50. The second kappa shape index (κ2) is 11.1. The molecule has 0 spiro atoms. The third kappa shape index (κ3) is 5.56. The van der Waals surface area contributed by atoms with Crippen molar-refractivity contribution in [3.63, 3.8) is 0 Å². The summed E-state index contributed by atoms with van der Waals surface area (Å²) in [6.07, 6.45) is -3.77. The van der Waals surface area contributed by atoms with Crippen LogP contribution in [-0.4, -0.2) is 88.2 Å². The zero-order valence-corrected chi connectivity index (χ0v) is 21.5. The van der Waals surface area contributed by atoms with E-state index >= 15 is 8.78 Å². The fraction of sp³-hybridized carbons (Fsp3) is 0.556. The number of benzene rings is 2. The minimum Gasteiger partial charge on any atom is -0.379 e. The lowest BCUT2D eigenvalue weighted by atomic mass is 10.0. The van der Waals surface area contributed by atoms with Gasteiger partial charge in [-0.05, 0) is 48.7 Å². The van der Waals surface area contributed by atoms with Gasteiger partial charge in [-0.1, -0.05) is 30.3 Å². The summed E-state index contributed by atoms with van der Waals surface area (Å²) in [6.45, 7) is 3.63. The van der Waals surface area contributed by atoms with Gasteiger partial charge in [-0.3, -0.25) is 15.5 Å². The summed E-state index contributed by atoms with van der Waals surface area (Å²) in [5.74, 6) is -3.50. The van der Waals surface area contributed by atoms with E-state index in [9.17, 15) is 20.4 Å². The fourth-order valence-electron chi connectivity index (χ4n) is 5.62. The summed E-state index contributed by atoms with van der Waals surface area (Å²) < 4.78 is 30.5. The molecule has 0 amide bonds. The minimum atomic E-state index is -3.50. The Morgan fingerprint density at radius 3 is 2.55 bits per heavy atom. The summed E-state index contributed by atoms with van der Waals surface area (Å²) in [7, 11) is 2.04. The van der Waals surface area contributed by atoms with Gasteiger partial charge < -0.3 is 30.2 Å². The number of aliphatic hydroxyl groups excluding tert-OH is 4. The molecule has 6 N–H and O–H groups in total. The molecule has 2 unspecified atom stereocenters. The average Bonchev–Trinajstić information content (AvgIpc) is 3.23. The second-order valence-electron chi connectivity index (χ2n) is 10.6. The zero-order chi connectivity index (χ0) is 27.0. The maximum Gasteiger partial charge on any atom is 0.311 e. The monoisotopic (exact) mass is 533 g/mol. The molecule has 3 aliphatic rings.